The van der Waals surface area contributed by atoms with E-state index in [0.29, 0.717) is 18.9 Å². The van der Waals surface area contributed by atoms with E-state index >= 15 is 0 Å². The summed E-state index contributed by atoms with van der Waals surface area (Å²) >= 11 is 0. The average molecular weight is 401 g/mol. The number of piperidine rings is 1. The average Bonchev–Trinajstić information content (AvgIpc) is 2.67. The maximum absolute atomic E-state index is 13.4. The summed E-state index contributed by atoms with van der Waals surface area (Å²) in [6, 6.07) is 12.5. The molecular formula is C24H30F2N2O. The van der Waals surface area contributed by atoms with Crippen LogP contribution in [0.3, 0.4) is 0 Å². The van der Waals surface area contributed by atoms with E-state index in [9.17, 15) is 13.6 Å². The molecule has 0 aliphatic carbocycles. The van der Waals surface area contributed by atoms with Gasteiger partial charge in [0.2, 0.25) is 5.91 Å². The molecule has 1 aliphatic rings. The molecule has 0 bridgehead atoms. The molecule has 2 aromatic rings. The predicted molar refractivity (Wildman–Crippen MR) is 111 cm³/mol. The van der Waals surface area contributed by atoms with Crippen molar-refractivity contribution >= 4 is 5.91 Å². The van der Waals surface area contributed by atoms with E-state index in [2.05, 4.69) is 36.2 Å². The van der Waals surface area contributed by atoms with Crippen molar-refractivity contribution in [1.29, 1.82) is 0 Å². The lowest BCUT2D eigenvalue weighted by atomic mass is 10.0. The maximum Gasteiger partial charge on any atom is 0.224 e. The van der Waals surface area contributed by atoms with Gasteiger partial charge in [0.05, 0.1) is 6.42 Å². The Morgan fingerprint density at radius 2 is 1.62 bits per heavy atom. The summed E-state index contributed by atoms with van der Waals surface area (Å²) in [4.78, 5) is 14.6. The van der Waals surface area contributed by atoms with Gasteiger partial charge in [-0.1, -0.05) is 44.2 Å². The molecule has 5 heteroatoms. The highest BCUT2D eigenvalue weighted by molar-refractivity contribution is 5.78. The fraction of sp³-hybridized carbons (Fsp3) is 0.458. The minimum atomic E-state index is -0.815. The van der Waals surface area contributed by atoms with Crippen LogP contribution in [0.2, 0.25) is 0 Å². The zero-order valence-electron chi connectivity index (χ0n) is 17.3. The van der Waals surface area contributed by atoms with E-state index in [-0.39, 0.29) is 11.9 Å². The summed E-state index contributed by atoms with van der Waals surface area (Å²) in [5.74, 6) is -0.940. The normalized spacial score (nSPS) is 15.6. The van der Waals surface area contributed by atoms with Crippen LogP contribution in [-0.4, -0.2) is 29.9 Å². The summed E-state index contributed by atoms with van der Waals surface area (Å²) < 4.78 is 26.4. The van der Waals surface area contributed by atoms with Gasteiger partial charge in [0.25, 0.3) is 0 Å². The van der Waals surface area contributed by atoms with Gasteiger partial charge in [0.15, 0.2) is 11.6 Å². The maximum atomic E-state index is 13.4. The Kier molecular flexibility index (Phi) is 7.37. The number of nitrogens with one attached hydrogen (secondary N) is 1. The molecule has 3 rings (SSSR count). The van der Waals surface area contributed by atoms with Crippen LogP contribution in [0.25, 0.3) is 0 Å². The van der Waals surface area contributed by atoms with Crippen molar-refractivity contribution in [2.45, 2.75) is 52.1 Å². The molecule has 2 aromatic carbocycles. The zero-order chi connectivity index (χ0) is 20.8. The molecular weight excluding hydrogens is 370 g/mol. The number of likely N-dealkylation sites (tertiary alicyclic amines) is 1. The number of amides is 1. The molecule has 0 radical (unpaired) electrons. The predicted octanol–water partition coefficient (Wildman–Crippen LogP) is 4.49. The van der Waals surface area contributed by atoms with E-state index in [4.69, 9.17) is 0 Å². The quantitative estimate of drug-likeness (QED) is 0.743. The van der Waals surface area contributed by atoms with Gasteiger partial charge in [0, 0.05) is 25.7 Å². The molecule has 0 aromatic heterocycles. The third-order valence-electron chi connectivity index (χ3n) is 5.37. The molecule has 1 saturated heterocycles. The standard InChI is InChI=1S/C24H30F2N2O/c1-17(2)13-18-3-5-19(6-4-18)15-24(29)27-21-9-11-28(12-10-21)16-20-7-8-22(25)23(26)14-20/h3-8,14,17,21H,9-13,15-16H2,1-2H3,(H,27,29). The lowest BCUT2D eigenvalue weighted by Gasteiger charge is -2.32. The van der Waals surface area contributed by atoms with Crippen LogP contribution >= 0.6 is 0 Å². The zero-order valence-corrected chi connectivity index (χ0v) is 17.3. The van der Waals surface area contributed by atoms with Gasteiger partial charge in [-0.2, -0.15) is 0 Å². The molecule has 0 atom stereocenters. The van der Waals surface area contributed by atoms with Crippen LogP contribution in [0.15, 0.2) is 42.5 Å². The molecule has 3 nitrogen and oxygen atoms in total. The third-order valence-corrected chi connectivity index (χ3v) is 5.37. The molecule has 0 saturated carbocycles. The Morgan fingerprint density at radius 3 is 2.24 bits per heavy atom. The molecule has 1 N–H and O–H groups in total. The second-order valence-electron chi connectivity index (χ2n) is 8.46. The minimum Gasteiger partial charge on any atom is -0.353 e. The summed E-state index contributed by atoms with van der Waals surface area (Å²) in [6.45, 7) is 6.65. The second kappa shape index (κ2) is 9.97. The van der Waals surface area contributed by atoms with Crippen molar-refractivity contribution < 1.29 is 13.6 Å². The van der Waals surface area contributed by atoms with E-state index < -0.39 is 11.6 Å². The highest BCUT2D eigenvalue weighted by atomic mass is 19.2. The Labute approximate surface area is 172 Å². The Balaban J connectivity index is 1.41. The minimum absolute atomic E-state index is 0.0562. The monoisotopic (exact) mass is 400 g/mol. The summed E-state index contributed by atoms with van der Waals surface area (Å²) in [5, 5.41) is 3.14. The first kappa shape index (κ1) is 21.4. The van der Waals surface area contributed by atoms with Gasteiger partial charge in [-0.15, -0.1) is 0 Å². The smallest absolute Gasteiger partial charge is 0.224 e. The molecule has 1 aliphatic heterocycles. The third kappa shape index (κ3) is 6.64. The van der Waals surface area contributed by atoms with E-state index in [1.54, 1.807) is 6.07 Å². The summed E-state index contributed by atoms with van der Waals surface area (Å²) in [7, 11) is 0. The highest BCUT2D eigenvalue weighted by Crippen LogP contribution is 2.16. The number of nitrogens with zero attached hydrogens (tertiary/aromatic N) is 1. The highest BCUT2D eigenvalue weighted by Gasteiger charge is 2.21. The first-order chi connectivity index (χ1) is 13.9. The number of carbonyl (C=O) groups is 1. The number of benzene rings is 2. The molecule has 0 spiro atoms. The molecule has 1 fully saturated rings. The summed E-state index contributed by atoms with van der Waals surface area (Å²) in [5.41, 5.74) is 3.11. The Bertz CT molecular complexity index is 812. The first-order valence-corrected chi connectivity index (χ1v) is 10.4. The second-order valence-corrected chi connectivity index (χ2v) is 8.46. The van der Waals surface area contributed by atoms with E-state index in [1.165, 1.54) is 17.7 Å². The fourth-order valence-electron chi connectivity index (χ4n) is 3.86. The van der Waals surface area contributed by atoms with Crippen LogP contribution in [0.1, 0.15) is 43.4 Å². The number of carbonyl (C=O) groups excluding carboxylic acids is 1. The molecule has 29 heavy (non-hydrogen) atoms. The summed E-state index contributed by atoms with van der Waals surface area (Å²) in [6.07, 6.45) is 3.18. The topological polar surface area (TPSA) is 32.3 Å². The number of halogens is 2. The molecule has 1 amide bonds. The van der Waals surface area contributed by atoms with E-state index in [0.717, 1.165) is 43.5 Å². The van der Waals surface area contributed by atoms with Crippen LogP contribution in [0.5, 0.6) is 0 Å². The van der Waals surface area contributed by atoms with Crippen molar-refractivity contribution in [3.05, 3.63) is 70.8 Å². The van der Waals surface area contributed by atoms with Crippen LogP contribution in [0, 0.1) is 17.6 Å². The van der Waals surface area contributed by atoms with Crippen LogP contribution < -0.4 is 5.32 Å². The van der Waals surface area contributed by atoms with Crippen LogP contribution in [0.4, 0.5) is 8.78 Å². The van der Waals surface area contributed by atoms with Gasteiger partial charge >= 0.3 is 0 Å². The first-order valence-electron chi connectivity index (χ1n) is 10.4. The molecule has 156 valence electrons. The largest absolute Gasteiger partial charge is 0.353 e. The number of hydrogen-bond acceptors (Lipinski definition) is 2. The molecule has 0 unspecified atom stereocenters. The van der Waals surface area contributed by atoms with Gasteiger partial charge in [-0.25, -0.2) is 8.78 Å². The van der Waals surface area contributed by atoms with Crippen molar-refractivity contribution in [2.24, 2.45) is 5.92 Å². The van der Waals surface area contributed by atoms with Gasteiger partial charge in [0.1, 0.15) is 0 Å². The van der Waals surface area contributed by atoms with Crippen LogP contribution in [-0.2, 0) is 24.2 Å². The van der Waals surface area contributed by atoms with Gasteiger partial charge < -0.3 is 5.32 Å². The number of hydrogen-bond donors (Lipinski definition) is 1. The number of rotatable bonds is 7. The van der Waals surface area contributed by atoms with E-state index in [1.807, 2.05) is 12.1 Å². The van der Waals surface area contributed by atoms with Crippen molar-refractivity contribution in [3.8, 4) is 0 Å². The Morgan fingerprint density at radius 1 is 1.00 bits per heavy atom. The van der Waals surface area contributed by atoms with Gasteiger partial charge in [-0.05, 0) is 54.0 Å². The van der Waals surface area contributed by atoms with Gasteiger partial charge in [-0.3, -0.25) is 9.69 Å². The van der Waals surface area contributed by atoms with Crippen molar-refractivity contribution in [3.63, 3.8) is 0 Å². The van der Waals surface area contributed by atoms with Crippen molar-refractivity contribution in [1.82, 2.24) is 10.2 Å². The Hall–Kier alpha value is -2.27. The molecule has 1 heterocycles. The lowest BCUT2D eigenvalue weighted by Crippen LogP contribution is -2.44. The fourth-order valence-corrected chi connectivity index (χ4v) is 3.86. The SMILES string of the molecule is CC(C)Cc1ccc(CC(=O)NC2CCN(Cc3ccc(F)c(F)c3)CC2)cc1. The lowest BCUT2D eigenvalue weighted by molar-refractivity contribution is -0.121. The van der Waals surface area contributed by atoms with Crippen molar-refractivity contribution in [2.75, 3.05) is 13.1 Å².